The van der Waals surface area contributed by atoms with E-state index in [1.807, 2.05) is 54.6 Å². The van der Waals surface area contributed by atoms with Gasteiger partial charge in [0.15, 0.2) is 0 Å². The predicted molar refractivity (Wildman–Crippen MR) is 78.2 cm³/mol. The van der Waals surface area contributed by atoms with E-state index < -0.39 is 11.9 Å². The SMILES string of the molecule is COc1ccccc1CNC(C(N)=O)c1ccccc1. The fraction of sp³-hybridized carbons (Fsp3) is 0.188. The van der Waals surface area contributed by atoms with Crippen molar-refractivity contribution in [3.8, 4) is 5.75 Å². The lowest BCUT2D eigenvalue weighted by Gasteiger charge is -2.17. The van der Waals surface area contributed by atoms with Crippen LogP contribution in [0, 0.1) is 0 Å². The lowest BCUT2D eigenvalue weighted by atomic mass is 10.1. The topological polar surface area (TPSA) is 64.3 Å². The third-order valence-corrected chi connectivity index (χ3v) is 3.11. The Morgan fingerprint density at radius 3 is 2.45 bits per heavy atom. The summed E-state index contributed by atoms with van der Waals surface area (Å²) in [6.07, 6.45) is 0. The Bertz CT molecular complexity index is 570. The van der Waals surface area contributed by atoms with Crippen LogP contribution < -0.4 is 15.8 Å². The van der Waals surface area contributed by atoms with Gasteiger partial charge in [0.1, 0.15) is 11.8 Å². The molecule has 0 saturated heterocycles. The molecule has 0 heterocycles. The molecule has 0 aromatic heterocycles. The molecule has 0 bridgehead atoms. The van der Waals surface area contributed by atoms with Crippen molar-refractivity contribution >= 4 is 5.91 Å². The van der Waals surface area contributed by atoms with Crippen molar-refractivity contribution in [1.29, 1.82) is 0 Å². The highest BCUT2D eigenvalue weighted by Crippen LogP contribution is 2.19. The van der Waals surface area contributed by atoms with Gasteiger partial charge in [0, 0.05) is 12.1 Å². The molecule has 0 aliphatic heterocycles. The number of nitrogens with one attached hydrogen (secondary N) is 1. The summed E-state index contributed by atoms with van der Waals surface area (Å²) in [6, 6.07) is 16.6. The minimum Gasteiger partial charge on any atom is -0.496 e. The van der Waals surface area contributed by atoms with E-state index in [4.69, 9.17) is 10.5 Å². The van der Waals surface area contributed by atoms with E-state index in [1.54, 1.807) is 7.11 Å². The van der Waals surface area contributed by atoms with E-state index in [0.717, 1.165) is 16.9 Å². The molecule has 4 heteroatoms. The highest BCUT2D eigenvalue weighted by molar-refractivity contribution is 5.81. The predicted octanol–water partition coefficient (Wildman–Crippen LogP) is 2.01. The molecule has 0 aliphatic carbocycles. The molecule has 4 nitrogen and oxygen atoms in total. The van der Waals surface area contributed by atoms with E-state index in [9.17, 15) is 4.79 Å². The van der Waals surface area contributed by atoms with Gasteiger partial charge in [-0.2, -0.15) is 0 Å². The highest BCUT2D eigenvalue weighted by Gasteiger charge is 2.17. The molecule has 3 N–H and O–H groups in total. The average molecular weight is 270 g/mol. The van der Waals surface area contributed by atoms with Crippen LogP contribution in [0.3, 0.4) is 0 Å². The number of rotatable bonds is 6. The lowest BCUT2D eigenvalue weighted by Crippen LogP contribution is -2.33. The lowest BCUT2D eigenvalue weighted by molar-refractivity contribution is -0.120. The maximum Gasteiger partial charge on any atom is 0.239 e. The second-order valence-corrected chi connectivity index (χ2v) is 4.44. The molecule has 1 atom stereocenters. The molecule has 0 fully saturated rings. The number of amides is 1. The zero-order valence-electron chi connectivity index (χ0n) is 11.4. The van der Waals surface area contributed by atoms with Crippen LogP contribution in [-0.2, 0) is 11.3 Å². The summed E-state index contributed by atoms with van der Waals surface area (Å²) in [5, 5.41) is 3.17. The number of carbonyl (C=O) groups excluding carboxylic acids is 1. The quantitative estimate of drug-likeness (QED) is 0.844. The standard InChI is InChI=1S/C16H18N2O2/c1-20-14-10-6-5-9-13(14)11-18-15(16(17)19)12-7-3-2-4-8-12/h2-10,15,18H,11H2,1H3,(H2,17,19). The van der Waals surface area contributed by atoms with Crippen molar-refractivity contribution in [2.45, 2.75) is 12.6 Å². The monoisotopic (exact) mass is 270 g/mol. The van der Waals surface area contributed by atoms with Gasteiger partial charge >= 0.3 is 0 Å². The summed E-state index contributed by atoms with van der Waals surface area (Å²) in [6.45, 7) is 0.506. The largest absolute Gasteiger partial charge is 0.496 e. The van der Waals surface area contributed by atoms with E-state index >= 15 is 0 Å². The van der Waals surface area contributed by atoms with Crippen LogP contribution in [0.5, 0.6) is 5.75 Å². The number of benzene rings is 2. The highest BCUT2D eigenvalue weighted by atomic mass is 16.5. The first-order valence-electron chi connectivity index (χ1n) is 6.42. The van der Waals surface area contributed by atoms with Crippen LogP contribution >= 0.6 is 0 Å². The average Bonchev–Trinajstić information content (AvgIpc) is 2.48. The van der Waals surface area contributed by atoms with Crippen molar-refractivity contribution in [3.05, 3.63) is 65.7 Å². The normalized spacial score (nSPS) is 11.8. The molecule has 0 saturated carbocycles. The van der Waals surface area contributed by atoms with Gasteiger partial charge in [-0.25, -0.2) is 0 Å². The molecule has 0 radical (unpaired) electrons. The van der Waals surface area contributed by atoms with E-state index in [2.05, 4.69) is 5.32 Å². The molecule has 20 heavy (non-hydrogen) atoms. The molecular weight excluding hydrogens is 252 g/mol. The molecular formula is C16H18N2O2. The number of methoxy groups -OCH3 is 1. The van der Waals surface area contributed by atoms with Crippen LogP contribution in [0.2, 0.25) is 0 Å². The number of para-hydroxylation sites is 1. The Morgan fingerprint density at radius 1 is 1.15 bits per heavy atom. The second-order valence-electron chi connectivity index (χ2n) is 4.44. The number of ether oxygens (including phenoxy) is 1. The van der Waals surface area contributed by atoms with Gasteiger partial charge in [-0.05, 0) is 11.6 Å². The fourth-order valence-electron chi connectivity index (χ4n) is 2.09. The van der Waals surface area contributed by atoms with E-state index in [-0.39, 0.29) is 0 Å². The van der Waals surface area contributed by atoms with Gasteiger partial charge in [-0.1, -0.05) is 48.5 Å². The van der Waals surface area contributed by atoms with Gasteiger partial charge in [0.05, 0.1) is 7.11 Å². The Labute approximate surface area is 118 Å². The number of carbonyl (C=O) groups is 1. The van der Waals surface area contributed by atoms with Gasteiger partial charge < -0.3 is 10.5 Å². The van der Waals surface area contributed by atoms with Gasteiger partial charge in [-0.3, -0.25) is 10.1 Å². The zero-order valence-corrected chi connectivity index (χ0v) is 11.4. The smallest absolute Gasteiger partial charge is 0.239 e. The number of hydrogen-bond acceptors (Lipinski definition) is 3. The van der Waals surface area contributed by atoms with Crippen molar-refractivity contribution in [1.82, 2.24) is 5.32 Å². The number of nitrogens with two attached hydrogens (primary N) is 1. The zero-order chi connectivity index (χ0) is 14.4. The molecule has 2 aromatic rings. The molecule has 1 amide bonds. The Morgan fingerprint density at radius 2 is 1.80 bits per heavy atom. The van der Waals surface area contributed by atoms with E-state index in [1.165, 1.54) is 0 Å². The Hall–Kier alpha value is -2.33. The maximum atomic E-state index is 11.6. The van der Waals surface area contributed by atoms with Crippen molar-refractivity contribution < 1.29 is 9.53 Å². The van der Waals surface area contributed by atoms with Gasteiger partial charge in [-0.15, -0.1) is 0 Å². The van der Waals surface area contributed by atoms with Crippen LogP contribution in [0.1, 0.15) is 17.2 Å². The molecule has 0 aliphatic rings. The van der Waals surface area contributed by atoms with Crippen molar-refractivity contribution in [2.24, 2.45) is 5.73 Å². The summed E-state index contributed by atoms with van der Waals surface area (Å²) in [7, 11) is 1.63. The molecule has 2 aromatic carbocycles. The third-order valence-electron chi connectivity index (χ3n) is 3.11. The summed E-state index contributed by atoms with van der Waals surface area (Å²) < 4.78 is 5.29. The van der Waals surface area contributed by atoms with Crippen LogP contribution in [0.25, 0.3) is 0 Å². The molecule has 1 unspecified atom stereocenters. The number of hydrogen-bond donors (Lipinski definition) is 2. The minimum atomic E-state index is -0.513. The van der Waals surface area contributed by atoms with Crippen LogP contribution in [-0.4, -0.2) is 13.0 Å². The molecule has 2 rings (SSSR count). The number of primary amides is 1. The Kier molecular flexibility index (Phi) is 4.74. The van der Waals surface area contributed by atoms with Crippen molar-refractivity contribution in [2.75, 3.05) is 7.11 Å². The summed E-state index contributed by atoms with van der Waals surface area (Å²) >= 11 is 0. The summed E-state index contributed by atoms with van der Waals surface area (Å²) in [5.41, 5.74) is 7.31. The van der Waals surface area contributed by atoms with Crippen molar-refractivity contribution in [3.63, 3.8) is 0 Å². The second kappa shape index (κ2) is 6.73. The minimum absolute atomic E-state index is 0.397. The van der Waals surface area contributed by atoms with E-state index in [0.29, 0.717) is 6.54 Å². The summed E-state index contributed by atoms with van der Waals surface area (Å²) in [5.74, 6) is 0.391. The fourth-order valence-corrected chi connectivity index (χ4v) is 2.09. The first kappa shape index (κ1) is 14.1. The van der Waals surface area contributed by atoms with Crippen LogP contribution in [0.4, 0.5) is 0 Å². The van der Waals surface area contributed by atoms with Gasteiger partial charge in [0.2, 0.25) is 5.91 Å². The summed E-state index contributed by atoms with van der Waals surface area (Å²) in [4.78, 5) is 11.6. The Balaban J connectivity index is 2.12. The first-order valence-corrected chi connectivity index (χ1v) is 6.42. The third kappa shape index (κ3) is 3.36. The van der Waals surface area contributed by atoms with Crippen LogP contribution in [0.15, 0.2) is 54.6 Å². The maximum absolute atomic E-state index is 11.6. The molecule has 104 valence electrons. The van der Waals surface area contributed by atoms with Gasteiger partial charge in [0.25, 0.3) is 0 Å². The molecule has 0 spiro atoms. The first-order chi connectivity index (χ1) is 9.72.